The molecule has 6 heteroatoms. The molecule has 0 aliphatic carbocycles. The van der Waals surface area contributed by atoms with Gasteiger partial charge in [-0.15, -0.1) is 0 Å². The first kappa shape index (κ1) is 15.7. The lowest BCUT2D eigenvalue weighted by atomic mass is 10.1. The minimum atomic E-state index is 0.487. The van der Waals surface area contributed by atoms with Gasteiger partial charge in [0.15, 0.2) is 0 Å². The number of halogens is 3. The Labute approximate surface area is 147 Å². The summed E-state index contributed by atoms with van der Waals surface area (Å²) in [6, 6.07) is 11.8. The van der Waals surface area contributed by atoms with Crippen LogP contribution >= 0.6 is 39.1 Å². The van der Waals surface area contributed by atoms with Crippen LogP contribution in [0.4, 0.5) is 5.95 Å². The van der Waals surface area contributed by atoms with Crippen LogP contribution in [-0.2, 0) is 13.0 Å². The van der Waals surface area contributed by atoms with Crippen molar-refractivity contribution in [3.63, 3.8) is 0 Å². The number of nitrogens with zero attached hydrogens (tertiary/aromatic N) is 2. The third kappa shape index (κ3) is 3.09. The zero-order chi connectivity index (χ0) is 15.7. The SMILES string of the molecule is Nc1nc2cc(Cl)c(Cl)cc2n1CCCc1ccccc1Br. The van der Waals surface area contributed by atoms with Crippen LogP contribution < -0.4 is 5.73 Å². The van der Waals surface area contributed by atoms with Gasteiger partial charge in [-0.05, 0) is 36.6 Å². The van der Waals surface area contributed by atoms with Gasteiger partial charge in [-0.25, -0.2) is 4.98 Å². The van der Waals surface area contributed by atoms with Crippen LogP contribution in [0.2, 0.25) is 10.0 Å². The van der Waals surface area contributed by atoms with E-state index in [0.717, 1.165) is 34.9 Å². The number of nitrogen functional groups attached to an aromatic ring is 1. The molecule has 1 heterocycles. The maximum Gasteiger partial charge on any atom is 0.201 e. The van der Waals surface area contributed by atoms with E-state index in [-0.39, 0.29) is 0 Å². The van der Waals surface area contributed by atoms with Gasteiger partial charge in [-0.2, -0.15) is 0 Å². The molecular formula is C16H14BrCl2N3. The second-order valence-electron chi connectivity index (χ2n) is 5.07. The normalized spacial score (nSPS) is 11.2. The molecule has 2 N–H and O–H groups in total. The van der Waals surface area contributed by atoms with Crippen LogP contribution in [0.1, 0.15) is 12.0 Å². The fourth-order valence-electron chi connectivity index (χ4n) is 2.50. The lowest BCUT2D eigenvalue weighted by molar-refractivity contribution is 0.664. The third-order valence-electron chi connectivity index (χ3n) is 3.61. The summed E-state index contributed by atoms with van der Waals surface area (Å²) < 4.78 is 3.11. The third-order valence-corrected chi connectivity index (χ3v) is 5.10. The Morgan fingerprint density at radius 2 is 1.86 bits per heavy atom. The van der Waals surface area contributed by atoms with Gasteiger partial charge in [0.2, 0.25) is 5.95 Å². The van der Waals surface area contributed by atoms with Gasteiger partial charge in [-0.1, -0.05) is 57.3 Å². The molecule has 0 spiro atoms. The highest BCUT2D eigenvalue weighted by molar-refractivity contribution is 9.10. The molecule has 0 radical (unpaired) electrons. The number of aryl methyl sites for hydroxylation is 2. The summed E-state index contributed by atoms with van der Waals surface area (Å²) in [5, 5.41) is 1.01. The minimum absolute atomic E-state index is 0.487. The number of rotatable bonds is 4. The van der Waals surface area contributed by atoms with Crippen molar-refractivity contribution < 1.29 is 0 Å². The number of anilines is 1. The predicted molar refractivity (Wildman–Crippen MR) is 96.6 cm³/mol. The Hall–Kier alpha value is -1.23. The summed E-state index contributed by atoms with van der Waals surface area (Å²) in [4.78, 5) is 4.35. The average Bonchev–Trinajstić information content (AvgIpc) is 2.77. The largest absolute Gasteiger partial charge is 0.369 e. The van der Waals surface area contributed by atoms with E-state index in [2.05, 4.69) is 33.0 Å². The van der Waals surface area contributed by atoms with Crippen molar-refractivity contribution in [3.8, 4) is 0 Å². The molecule has 3 aromatic rings. The smallest absolute Gasteiger partial charge is 0.201 e. The Morgan fingerprint density at radius 3 is 2.64 bits per heavy atom. The molecule has 2 aromatic carbocycles. The van der Waals surface area contributed by atoms with Crippen LogP contribution in [0.5, 0.6) is 0 Å². The monoisotopic (exact) mass is 397 g/mol. The van der Waals surface area contributed by atoms with Crippen molar-refractivity contribution in [2.75, 3.05) is 5.73 Å². The standard InChI is InChI=1S/C16H14BrCl2N3/c17-11-6-2-1-4-10(11)5-3-7-22-15-9-13(19)12(18)8-14(15)21-16(22)20/h1-2,4,6,8-9H,3,5,7H2,(H2,20,21). The van der Waals surface area contributed by atoms with Crippen LogP contribution in [0.15, 0.2) is 40.9 Å². The molecule has 0 aliphatic heterocycles. The summed E-state index contributed by atoms with van der Waals surface area (Å²) in [5.74, 6) is 0.487. The Balaban J connectivity index is 1.81. The topological polar surface area (TPSA) is 43.8 Å². The number of hydrogen-bond donors (Lipinski definition) is 1. The number of imidazole rings is 1. The summed E-state index contributed by atoms with van der Waals surface area (Å²) in [7, 11) is 0. The summed E-state index contributed by atoms with van der Waals surface area (Å²) in [5.41, 5.74) is 8.99. The zero-order valence-electron chi connectivity index (χ0n) is 11.7. The number of fused-ring (bicyclic) bond motifs is 1. The van der Waals surface area contributed by atoms with E-state index in [0.29, 0.717) is 16.0 Å². The van der Waals surface area contributed by atoms with Crippen LogP contribution in [-0.4, -0.2) is 9.55 Å². The molecule has 0 bridgehead atoms. The molecule has 0 atom stereocenters. The van der Waals surface area contributed by atoms with Crippen molar-refractivity contribution in [1.29, 1.82) is 0 Å². The van der Waals surface area contributed by atoms with Crippen molar-refractivity contribution >= 4 is 56.1 Å². The highest BCUT2D eigenvalue weighted by Gasteiger charge is 2.11. The molecule has 114 valence electrons. The Kier molecular flexibility index (Phi) is 4.62. The average molecular weight is 399 g/mol. The first-order valence-electron chi connectivity index (χ1n) is 6.90. The molecule has 0 fully saturated rings. The fourth-order valence-corrected chi connectivity index (χ4v) is 3.30. The molecule has 3 rings (SSSR count). The summed E-state index contributed by atoms with van der Waals surface area (Å²) in [6.07, 6.45) is 1.92. The van der Waals surface area contributed by atoms with Crippen LogP contribution in [0.3, 0.4) is 0 Å². The van der Waals surface area contributed by atoms with Gasteiger partial charge in [0.25, 0.3) is 0 Å². The van der Waals surface area contributed by atoms with E-state index in [1.165, 1.54) is 5.56 Å². The maximum absolute atomic E-state index is 6.10. The van der Waals surface area contributed by atoms with Gasteiger partial charge < -0.3 is 10.3 Å². The molecule has 22 heavy (non-hydrogen) atoms. The van der Waals surface area contributed by atoms with E-state index in [1.54, 1.807) is 6.07 Å². The molecule has 0 saturated carbocycles. The van der Waals surface area contributed by atoms with E-state index in [1.807, 2.05) is 22.8 Å². The van der Waals surface area contributed by atoms with Gasteiger partial charge in [0.05, 0.1) is 21.1 Å². The highest BCUT2D eigenvalue weighted by atomic mass is 79.9. The van der Waals surface area contributed by atoms with E-state index < -0.39 is 0 Å². The van der Waals surface area contributed by atoms with Crippen molar-refractivity contribution in [2.24, 2.45) is 0 Å². The number of hydrogen-bond acceptors (Lipinski definition) is 2. The molecule has 1 aromatic heterocycles. The predicted octanol–water partition coefficient (Wildman–Crippen LogP) is 5.32. The highest BCUT2D eigenvalue weighted by Crippen LogP contribution is 2.29. The summed E-state index contributed by atoms with van der Waals surface area (Å²) in [6.45, 7) is 0.779. The molecule has 0 saturated heterocycles. The van der Waals surface area contributed by atoms with E-state index in [9.17, 15) is 0 Å². The van der Waals surface area contributed by atoms with Crippen LogP contribution in [0, 0.1) is 0 Å². The lowest BCUT2D eigenvalue weighted by Crippen LogP contribution is -2.04. The van der Waals surface area contributed by atoms with E-state index in [4.69, 9.17) is 28.9 Å². The van der Waals surface area contributed by atoms with Gasteiger partial charge in [0, 0.05) is 11.0 Å². The van der Waals surface area contributed by atoms with Crippen molar-refractivity contribution in [2.45, 2.75) is 19.4 Å². The minimum Gasteiger partial charge on any atom is -0.369 e. The maximum atomic E-state index is 6.10. The first-order chi connectivity index (χ1) is 10.6. The number of benzene rings is 2. The zero-order valence-corrected chi connectivity index (χ0v) is 14.8. The van der Waals surface area contributed by atoms with Gasteiger partial charge in [-0.3, -0.25) is 0 Å². The molecule has 0 aliphatic rings. The summed E-state index contributed by atoms with van der Waals surface area (Å²) >= 11 is 15.7. The number of aromatic nitrogens is 2. The first-order valence-corrected chi connectivity index (χ1v) is 8.45. The second kappa shape index (κ2) is 6.49. The van der Waals surface area contributed by atoms with Gasteiger partial charge >= 0.3 is 0 Å². The number of nitrogens with two attached hydrogens (primary N) is 1. The lowest BCUT2D eigenvalue weighted by Gasteiger charge is -2.08. The molecule has 3 nitrogen and oxygen atoms in total. The Morgan fingerprint density at radius 1 is 1.14 bits per heavy atom. The Bertz CT molecular complexity index is 830. The fraction of sp³-hybridized carbons (Fsp3) is 0.188. The second-order valence-corrected chi connectivity index (χ2v) is 6.74. The molecular weight excluding hydrogens is 385 g/mol. The molecule has 0 amide bonds. The van der Waals surface area contributed by atoms with Crippen molar-refractivity contribution in [1.82, 2.24) is 9.55 Å². The molecule has 0 unspecified atom stereocenters. The van der Waals surface area contributed by atoms with Crippen molar-refractivity contribution in [3.05, 3.63) is 56.5 Å². The van der Waals surface area contributed by atoms with Crippen LogP contribution in [0.25, 0.3) is 11.0 Å². The van der Waals surface area contributed by atoms with Gasteiger partial charge in [0.1, 0.15) is 0 Å². The van der Waals surface area contributed by atoms with E-state index >= 15 is 0 Å². The quantitative estimate of drug-likeness (QED) is 0.646.